The van der Waals surface area contributed by atoms with Gasteiger partial charge in [0.2, 0.25) is 0 Å². The lowest BCUT2D eigenvalue weighted by molar-refractivity contribution is 0.156. The summed E-state index contributed by atoms with van der Waals surface area (Å²) in [6, 6.07) is 7.66. The topological polar surface area (TPSA) is 38.0 Å². The first kappa shape index (κ1) is 10.4. The lowest BCUT2D eigenvalue weighted by Crippen LogP contribution is -2.06. The Bertz CT molecular complexity index is 411. The van der Waals surface area contributed by atoms with Crippen molar-refractivity contribution in [1.29, 1.82) is 0 Å². The number of halogens is 1. The molecule has 4 heteroatoms. The summed E-state index contributed by atoms with van der Waals surface area (Å²) in [7, 11) is 0. The molecule has 78 valence electrons. The summed E-state index contributed by atoms with van der Waals surface area (Å²) in [5.74, 6) is 0. The second-order valence-corrected chi connectivity index (χ2v) is 4.24. The fraction of sp³-hybridized carbons (Fsp3) is 0.182. The SMILES string of the molecule is OC(Cn1ccnc1)c1ccc(Br)cc1. The van der Waals surface area contributed by atoms with Gasteiger partial charge in [0.05, 0.1) is 19.0 Å². The molecule has 1 unspecified atom stereocenters. The summed E-state index contributed by atoms with van der Waals surface area (Å²) >= 11 is 3.36. The van der Waals surface area contributed by atoms with Crippen LogP contribution in [0.15, 0.2) is 47.5 Å². The molecule has 3 nitrogen and oxygen atoms in total. The molecular formula is C11H11BrN2O. The summed E-state index contributed by atoms with van der Waals surface area (Å²) in [5, 5.41) is 9.92. The third kappa shape index (κ3) is 2.67. The monoisotopic (exact) mass is 266 g/mol. The van der Waals surface area contributed by atoms with Crippen molar-refractivity contribution < 1.29 is 5.11 Å². The molecule has 0 saturated heterocycles. The van der Waals surface area contributed by atoms with E-state index in [0.717, 1.165) is 10.0 Å². The number of aliphatic hydroxyl groups is 1. The highest BCUT2D eigenvalue weighted by Gasteiger charge is 2.07. The van der Waals surface area contributed by atoms with Gasteiger partial charge in [-0.1, -0.05) is 28.1 Å². The average Bonchev–Trinajstić information content (AvgIpc) is 2.71. The summed E-state index contributed by atoms with van der Waals surface area (Å²) < 4.78 is 2.87. The van der Waals surface area contributed by atoms with Crippen molar-refractivity contribution in [3.8, 4) is 0 Å². The van der Waals surface area contributed by atoms with Crippen LogP contribution in [0.3, 0.4) is 0 Å². The highest BCUT2D eigenvalue weighted by atomic mass is 79.9. The minimum Gasteiger partial charge on any atom is -0.387 e. The fourth-order valence-electron chi connectivity index (χ4n) is 1.38. The smallest absolute Gasteiger partial charge is 0.0969 e. The second-order valence-electron chi connectivity index (χ2n) is 3.33. The van der Waals surface area contributed by atoms with Crippen LogP contribution in [0.2, 0.25) is 0 Å². The van der Waals surface area contributed by atoms with Gasteiger partial charge in [0.25, 0.3) is 0 Å². The summed E-state index contributed by atoms with van der Waals surface area (Å²) in [6.07, 6.45) is 4.74. The van der Waals surface area contributed by atoms with Gasteiger partial charge in [-0.05, 0) is 17.7 Å². The van der Waals surface area contributed by atoms with Crippen LogP contribution in [-0.2, 0) is 6.54 Å². The van der Waals surface area contributed by atoms with E-state index in [1.54, 1.807) is 12.5 Å². The van der Waals surface area contributed by atoms with E-state index in [2.05, 4.69) is 20.9 Å². The zero-order chi connectivity index (χ0) is 10.7. The Morgan fingerprint density at radius 3 is 2.67 bits per heavy atom. The van der Waals surface area contributed by atoms with Crippen LogP contribution in [0.25, 0.3) is 0 Å². The van der Waals surface area contributed by atoms with Gasteiger partial charge in [-0.15, -0.1) is 0 Å². The molecule has 15 heavy (non-hydrogen) atoms. The standard InChI is InChI=1S/C11H11BrN2O/c12-10-3-1-9(2-4-10)11(15)7-14-6-5-13-8-14/h1-6,8,11,15H,7H2. The van der Waals surface area contributed by atoms with Crippen LogP contribution in [0.1, 0.15) is 11.7 Å². The largest absolute Gasteiger partial charge is 0.387 e. The van der Waals surface area contributed by atoms with Crippen LogP contribution >= 0.6 is 15.9 Å². The van der Waals surface area contributed by atoms with Crippen molar-refractivity contribution in [2.45, 2.75) is 12.6 Å². The Morgan fingerprint density at radius 2 is 2.07 bits per heavy atom. The first-order valence-corrected chi connectivity index (χ1v) is 5.44. The molecule has 0 fully saturated rings. The molecule has 0 bridgehead atoms. The highest BCUT2D eigenvalue weighted by molar-refractivity contribution is 9.10. The Kier molecular flexibility index (Phi) is 3.18. The maximum atomic E-state index is 9.92. The quantitative estimate of drug-likeness (QED) is 0.927. The first-order valence-electron chi connectivity index (χ1n) is 4.65. The number of benzene rings is 1. The van der Waals surface area contributed by atoms with E-state index < -0.39 is 6.10 Å². The normalized spacial score (nSPS) is 12.7. The first-order chi connectivity index (χ1) is 7.25. The maximum Gasteiger partial charge on any atom is 0.0969 e. The molecule has 0 aliphatic heterocycles. The maximum absolute atomic E-state index is 9.92. The molecule has 0 aliphatic rings. The van der Waals surface area contributed by atoms with Crippen molar-refractivity contribution >= 4 is 15.9 Å². The zero-order valence-corrected chi connectivity index (χ0v) is 9.63. The predicted molar refractivity (Wildman–Crippen MR) is 61.3 cm³/mol. The Hall–Kier alpha value is -1.13. The number of hydrogen-bond donors (Lipinski definition) is 1. The van der Waals surface area contributed by atoms with E-state index in [9.17, 15) is 5.11 Å². The molecule has 1 heterocycles. The summed E-state index contributed by atoms with van der Waals surface area (Å²) in [4.78, 5) is 3.93. The van der Waals surface area contributed by atoms with Gasteiger partial charge in [0.15, 0.2) is 0 Å². The van der Waals surface area contributed by atoms with Gasteiger partial charge in [0.1, 0.15) is 0 Å². The number of nitrogens with zero attached hydrogens (tertiary/aromatic N) is 2. The van der Waals surface area contributed by atoms with Gasteiger partial charge in [-0.2, -0.15) is 0 Å². The van der Waals surface area contributed by atoms with Crippen LogP contribution < -0.4 is 0 Å². The molecule has 0 saturated carbocycles. The molecule has 0 spiro atoms. The zero-order valence-electron chi connectivity index (χ0n) is 8.05. The summed E-state index contributed by atoms with van der Waals surface area (Å²) in [6.45, 7) is 0.529. The van der Waals surface area contributed by atoms with Crippen molar-refractivity contribution in [2.24, 2.45) is 0 Å². The van der Waals surface area contributed by atoms with E-state index in [0.29, 0.717) is 6.54 Å². The third-order valence-electron chi connectivity index (χ3n) is 2.20. The van der Waals surface area contributed by atoms with Crippen molar-refractivity contribution in [3.63, 3.8) is 0 Å². The average molecular weight is 267 g/mol. The minimum atomic E-state index is -0.493. The van der Waals surface area contributed by atoms with Gasteiger partial charge in [0, 0.05) is 16.9 Å². The van der Waals surface area contributed by atoms with E-state index in [4.69, 9.17) is 0 Å². The molecule has 0 radical (unpaired) electrons. The summed E-state index contributed by atoms with van der Waals surface area (Å²) in [5.41, 5.74) is 0.909. The third-order valence-corrected chi connectivity index (χ3v) is 2.73. The molecular weight excluding hydrogens is 256 g/mol. The Balaban J connectivity index is 2.08. The molecule has 1 aromatic carbocycles. The van der Waals surface area contributed by atoms with E-state index in [-0.39, 0.29) is 0 Å². The number of hydrogen-bond acceptors (Lipinski definition) is 2. The molecule has 1 atom stereocenters. The van der Waals surface area contributed by atoms with Crippen LogP contribution in [0.5, 0.6) is 0 Å². The van der Waals surface area contributed by atoms with Gasteiger partial charge < -0.3 is 9.67 Å². The molecule has 0 amide bonds. The number of rotatable bonds is 3. The Morgan fingerprint density at radius 1 is 1.33 bits per heavy atom. The molecule has 2 aromatic rings. The van der Waals surface area contributed by atoms with Gasteiger partial charge in [-0.3, -0.25) is 0 Å². The van der Waals surface area contributed by atoms with E-state index in [1.165, 1.54) is 0 Å². The molecule has 2 rings (SSSR count). The lowest BCUT2D eigenvalue weighted by Gasteiger charge is -2.11. The van der Waals surface area contributed by atoms with Crippen molar-refractivity contribution in [1.82, 2.24) is 9.55 Å². The fourth-order valence-corrected chi connectivity index (χ4v) is 1.65. The van der Waals surface area contributed by atoms with E-state index >= 15 is 0 Å². The minimum absolute atomic E-state index is 0.493. The number of aromatic nitrogens is 2. The van der Waals surface area contributed by atoms with Gasteiger partial charge >= 0.3 is 0 Å². The van der Waals surface area contributed by atoms with Crippen LogP contribution in [0, 0.1) is 0 Å². The van der Waals surface area contributed by atoms with Gasteiger partial charge in [-0.25, -0.2) is 4.98 Å². The van der Waals surface area contributed by atoms with Crippen molar-refractivity contribution in [2.75, 3.05) is 0 Å². The molecule has 0 aliphatic carbocycles. The van der Waals surface area contributed by atoms with E-state index in [1.807, 2.05) is 35.0 Å². The highest BCUT2D eigenvalue weighted by Crippen LogP contribution is 2.18. The second kappa shape index (κ2) is 4.59. The van der Waals surface area contributed by atoms with Crippen LogP contribution in [0.4, 0.5) is 0 Å². The Labute approximate surface area is 96.5 Å². The predicted octanol–water partition coefficient (Wildman–Crippen LogP) is 2.38. The molecule has 1 aromatic heterocycles. The van der Waals surface area contributed by atoms with Crippen LogP contribution in [-0.4, -0.2) is 14.7 Å². The number of imidazole rings is 1. The van der Waals surface area contributed by atoms with Crippen molar-refractivity contribution in [3.05, 3.63) is 53.0 Å². The number of aliphatic hydroxyl groups excluding tert-OH is 1. The lowest BCUT2D eigenvalue weighted by atomic mass is 10.1. The molecule has 1 N–H and O–H groups in total.